The van der Waals surface area contributed by atoms with E-state index in [9.17, 15) is 9.59 Å². The van der Waals surface area contributed by atoms with E-state index in [0.29, 0.717) is 6.42 Å². The number of carbonyl (C=O) groups is 2. The number of carboxylic acids is 1. The summed E-state index contributed by atoms with van der Waals surface area (Å²) in [4.78, 5) is 31.5. The zero-order chi connectivity index (χ0) is 17.4. The summed E-state index contributed by atoms with van der Waals surface area (Å²) in [7, 11) is 0. The number of rotatable bonds is 9. The molecule has 7 nitrogen and oxygen atoms in total. The average molecular weight is 332 g/mol. The first-order valence-corrected chi connectivity index (χ1v) is 8.31. The van der Waals surface area contributed by atoms with Gasteiger partial charge >= 0.3 is 5.97 Å². The molecule has 0 fully saturated rings. The summed E-state index contributed by atoms with van der Waals surface area (Å²) < 4.78 is 0. The Bertz CT molecular complexity index is 603. The lowest BCUT2D eigenvalue weighted by Crippen LogP contribution is -2.34. The topological polar surface area (TPSA) is 104 Å². The fourth-order valence-electron chi connectivity index (χ4n) is 2.61. The zero-order valence-corrected chi connectivity index (χ0v) is 13.8. The number of hydrogen-bond donors (Lipinski definition) is 3. The van der Waals surface area contributed by atoms with Crippen molar-refractivity contribution >= 4 is 17.7 Å². The molecule has 0 bridgehead atoms. The van der Waals surface area contributed by atoms with Gasteiger partial charge in [-0.3, -0.25) is 14.6 Å². The van der Waals surface area contributed by atoms with Crippen molar-refractivity contribution < 1.29 is 14.7 Å². The molecule has 0 radical (unpaired) electrons. The van der Waals surface area contributed by atoms with E-state index in [-0.39, 0.29) is 12.3 Å². The molecule has 24 heavy (non-hydrogen) atoms. The van der Waals surface area contributed by atoms with Gasteiger partial charge in [-0.05, 0) is 32.1 Å². The Kier molecular flexibility index (Phi) is 6.72. The van der Waals surface area contributed by atoms with Crippen molar-refractivity contribution in [1.82, 2.24) is 15.3 Å². The largest absolute Gasteiger partial charge is 0.481 e. The molecule has 0 spiro atoms. The predicted octanol–water partition coefficient (Wildman–Crippen LogP) is 1.69. The fraction of sp³-hybridized carbons (Fsp3) is 0.529. The van der Waals surface area contributed by atoms with Crippen LogP contribution in [0.25, 0.3) is 0 Å². The van der Waals surface area contributed by atoms with Crippen LogP contribution < -0.4 is 10.6 Å². The molecule has 0 saturated heterocycles. The smallest absolute Gasteiger partial charge is 0.305 e. The highest BCUT2D eigenvalue weighted by molar-refractivity contribution is 5.77. The number of unbranched alkanes of at least 4 members (excludes halogenated alkanes) is 1. The van der Waals surface area contributed by atoms with Gasteiger partial charge in [0.25, 0.3) is 0 Å². The minimum atomic E-state index is -0.959. The fourth-order valence-corrected chi connectivity index (χ4v) is 2.61. The third-order valence-corrected chi connectivity index (χ3v) is 3.89. The number of hydrogen-bond acceptors (Lipinski definition) is 5. The maximum Gasteiger partial charge on any atom is 0.305 e. The Balaban J connectivity index is 1.69. The van der Waals surface area contributed by atoms with Gasteiger partial charge in [-0.25, -0.2) is 4.98 Å². The Morgan fingerprint density at radius 3 is 3.04 bits per heavy atom. The summed E-state index contributed by atoms with van der Waals surface area (Å²) in [6.07, 6.45) is 7.85. The number of aromatic nitrogens is 2. The molecule has 0 aliphatic carbocycles. The highest BCUT2D eigenvalue weighted by Gasteiger charge is 2.13. The lowest BCUT2D eigenvalue weighted by molar-refractivity contribution is -0.137. The third-order valence-electron chi connectivity index (χ3n) is 3.89. The molecule has 1 aliphatic heterocycles. The van der Waals surface area contributed by atoms with Gasteiger partial charge in [-0.2, -0.15) is 0 Å². The van der Waals surface area contributed by atoms with Gasteiger partial charge in [0.05, 0.1) is 23.9 Å². The molecular formula is C17H24N4O3. The first kappa shape index (κ1) is 17.9. The van der Waals surface area contributed by atoms with Crippen molar-refractivity contribution in [3.05, 3.63) is 30.2 Å². The molecule has 2 rings (SSSR count). The van der Waals surface area contributed by atoms with E-state index in [2.05, 4.69) is 27.2 Å². The van der Waals surface area contributed by atoms with Crippen LogP contribution in [0, 0.1) is 0 Å². The van der Waals surface area contributed by atoms with E-state index in [1.807, 2.05) is 6.20 Å². The van der Waals surface area contributed by atoms with Crippen molar-refractivity contribution in [3.8, 4) is 0 Å². The molecule has 3 N–H and O–H groups in total. The number of aliphatic carboxylic acids is 1. The summed E-state index contributed by atoms with van der Waals surface area (Å²) in [5, 5.41) is 14.7. The summed E-state index contributed by atoms with van der Waals surface area (Å²) in [6.45, 7) is 4.48. The Morgan fingerprint density at radius 1 is 1.46 bits per heavy atom. The van der Waals surface area contributed by atoms with Crippen LogP contribution in [0.5, 0.6) is 0 Å². The van der Waals surface area contributed by atoms with Gasteiger partial charge < -0.3 is 15.7 Å². The van der Waals surface area contributed by atoms with Gasteiger partial charge in [-0.1, -0.05) is 6.08 Å². The Morgan fingerprint density at radius 2 is 2.29 bits per heavy atom. The molecule has 0 aromatic carbocycles. The lowest BCUT2D eigenvalue weighted by atomic mass is 10.1. The van der Waals surface area contributed by atoms with Crippen molar-refractivity contribution in [2.24, 2.45) is 0 Å². The van der Waals surface area contributed by atoms with Crippen LogP contribution in [0.3, 0.4) is 0 Å². The van der Waals surface area contributed by atoms with Gasteiger partial charge in [0.2, 0.25) is 5.91 Å². The lowest BCUT2D eigenvalue weighted by Gasteiger charge is -2.16. The molecule has 1 aliphatic rings. The zero-order valence-electron chi connectivity index (χ0n) is 13.8. The van der Waals surface area contributed by atoms with Gasteiger partial charge in [-0.15, -0.1) is 6.58 Å². The van der Waals surface area contributed by atoms with Gasteiger partial charge in [0, 0.05) is 19.2 Å². The van der Waals surface area contributed by atoms with E-state index >= 15 is 0 Å². The second-order valence-electron chi connectivity index (χ2n) is 5.90. The monoisotopic (exact) mass is 332 g/mol. The highest BCUT2D eigenvalue weighted by Crippen LogP contribution is 2.17. The molecule has 1 aromatic rings. The molecule has 0 saturated carbocycles. The maximum absolute atomic E-state index is 11.8. The molecule has 1 atom stereocenters. The van der Waals surface area contributed by atoms with Crippen LogP contribution in [0.1, 0.15) is 43.5 Å². The number of aryl methyl sites for hydroxylation is 2. The van der Waals surface area contributed by atoms with E-state index < -0.39 is 12.0 Å². The molecule has 7 heteroatoms. The number of carboxylic acid groups (broad SMARTS) is 1. The quantitative estimate of drug-likeness (QED) is 0.469. The van der Waals surface area contributed by atoms with E-state index in [1.54, 1.807) is 0 Å². The number of carbonyl (C=O) groups excluding carboxylic acids is 1. The minimum absolute atomic E-state index is 0.146. The number of nitrogens with zero attached hydrogens (tertiary/aromatic N) is 2. The van der Waals surface area contributed by atoms with Crippen molar-refractivity contribution in [2.45, 2.75) is 51.0 Å². The molecule has 1 aromatic heterocycles. The Labute approximate surface area is 141 Å². The van der Waals surface area contributed by atoms with Gasteiger partial charge in [0.15, 0.2) is 0 Å². The van der Waals surface area contributed by atoms with Crippen LogP contribution >= 0.6 is 0 Å². The SMILES string of the molecule is C=C[C@H](CC(=O)O)NC(=O)CCCCc1cnc2c(n1)NCCC2. The van der Waals surface area contributed by atoms with Crippen LogP contribution in [0.4, 0.5) is 5.82 Å². The van der Waals surface area contributed by atoms with E-state index in [0.717, 1.165) is 55.9 Å². The molecule has 0 unspecified atom stereocenters. The first-order valence-electron chi connectivity index (χ1n) is 8.31. The predicted molar refractivity (Wildman–Crippen MR) is 90.8 cm³/mol. The van der Waals surface area contributed by atoms with Crippen molar-refractivity contribution in [3.63, 3.8) is 0 Å². The maximum atomic E-state index is 11.8. The van der Waals surface area contributed by atoms with Crippen LogP contribution in [-0.2, 0) is 22.4 Å². The van der Waals surface area contributed by atoms with E-state index in [4.69, 9.17) is 5.11 Å². The number of amides is 1. The second-order valence-corrected chi connectivity index (χ2v) is 5.90. The van der Waals surface area contributed by atoms with Crippen molar-refractivity contribution in [1.29, 1.82) is 0 Å². The molecule has 1 amide bonds. The van der Waals surface area contributed by atoms with Crippen molar-refractivity contribution in [2.75, 3.05) is 11.9 Å². The van der Waals surface area contributed by atoms with Crippen LogP contribution in [0.2, 0.25) is 0 Å². The normalized spacial score (nSPS) is 14.2. The Hall–Kier alpha value is -2.44. The summed E-state index contributed by atoms with van der Waals surface area (Å²) >= 11 is 0. The number of nitrogens with one attached hydrogen (secondary N) is 2. The molecule has 2 heterocycles. The highest BCUT2D eigenvalue weighted by atomic mass is 16.4. The standard InChI is InChI=1S/C17H24N4O3/c1-2-12(10-16(23)24)20-15(22)8-4-3-6-13-11-19-14-7-5-9-18-17(14)21-13/h2,11-12H,1,3-10H2,(H,18,21)(H,20,22)(H,23,24)/t12-/m1/s1. The average Bonchev–Trinajstić information content (AvgIpc) is 2.57. The molecule has 130 valence electrons. The summed E-state index contributed by atoms with van der Waals surface area (Å²) in [5.74, 6) is -0.224. The summed E-state index contributed by atoms with van der Waals surface area (Å²) in [6, 6.07) is -0.521. The number of fused-ring (bicyclic) bond motifs is 1. The van der Waals surface area contributed by atoms with Crippen LogP contribution in [-0.4, -0.2) is 39.5 Å². The molecular weight excluding hydrogens is 308 g/mol. The summed E-state index contributed by atoms with van der Waals surface area (Å²) in [5.41, 5.74) is 1.96. The number of anilines is 1. The van der Waals surface area contributed by atoms with Gasteiger partial charge in [0.1, 0.15) is 5.82 Å². The van der Waals surface area contributed by atoms with Crippen LogP contribution in [0.15, 0.2) is 18.9 Å². The van der Waals surface area contributed by atoms with E-state index in [1.165, 1.54) is 6.08 Å². The minimum Gasteiger partial charge on any atom is -0.481 e. The second kappa shape index (κ2) is 9.00. The third kappa shape index (κ3) is 5.64. The first-order chi connectivity index (χ1) is 11.6.